The maximum absolute atomic E-state index is 12.4. The van der Waals surface area contributed by atoms with Crippen molar-refractivity contribution in [1.29, 1.82) is 0 Å². The number of halogens is 1. The summed E-state index contributed by atoms with van der Waals surface area (Å²) in [7, 11) is 0. The minimum absolute atomic E-state index is 0.0641. The summed E-state index contributed by atoms with van der Waals surface area (Å²) in [5.41, 5.74) is 2.94. The topological polar surface area (TPSA) is 58.2 Å². The monoisotopic (exact) mass is 420 g/mol. The Morgan fingerprint density at radius 2 is 1.70 bits per heavy atom. The van der Waals surface area contributed by atoms with E-state index in [0.29, 0.717) is 11.3 Å². The molecule has 23 heavy (non-hydrogen) atoms. The number of hydrogen-bond acceptors (Lipinski definition) is 2. The lowest BCUT2D eigenvalue weighted by Gasteiger charge is -2.13. The van der Waals surface area contributed by atoms with Gasteiger partial charge >= 0.3 is 0 Å². The predicted octanol–water partition coefficient (Wildman–Crippen LogP) is 4.20. The summed E-state index contributed by atoms with van der Waals surface area (Å²) in [6.45, 7) is 1.90. The van der Waals surface area contributed by atoms with Gasteiger partial charge in [-0.3, -0.25) is 9.59 Å². The molecule has 2 N–H and O–H groups in total. The van der Waals surface area contributed by atoms with Crippen molar-refractivity contribution in [2.24, 2.45) is 5.92 Å². The van der Waals surface area contributed by atoms with Gasteiger partial charge in [0.1, 0.15) is 0 Å². The summed E-state index contributed by atoms with van der Waals surface area (Å²) in [6, 6.07) is 13.0. The molecular weight excluding hydrogens is 403 g/mol. The first-order valence-electron chi connectivity index (χ1n) is 7.52. The van der Waals surface area contributed by atoms with E-state index in [1.807, 2.05) is 43.3 Å². The average molecular weight is 420 g/mol. The van der Waals surface area contributed by atoms with Crippen LogP contribution in [0.2, 0.25) is 0 Å². The molecule has 0 atom stereocenters. The molecule has 0 aliphatic heterocycles. The highest BCUT2D eigenvalue weighted by atomic mass is 127. The van der Waals surface area contributed by atoms with Gasteiger partial charge < -0.3 is 10.6 Å². The zero-order chi connectivity index (χ0) is 16.4. The Labute approximate surface area is 148 Å². The van der Waals surface area contributed by atoms with E-state index in [2.05, 4.69) is 33.2 Å². The summed E-state index contributed by atoms with van der Waals surface area (Å²) in [5, 5.41) is 5.86. The van der Waals surface area contributed by atoms with Crippen molar-refractivity contribution in [1.82, 2.24) is 0 Å². The molecule has 0 aromatic heterocycles. The van der Waals surface area contributed by atoms with Gasteiger partial charge in [0.25, 0.3) is 5.91 Å². The van der Waals surface area contributed by atoms with Gasteiger partial charge in [0.15, 0.2) is 0 Å². The molecule has 1 aliphatic carbocycles. The number of nitrogens with one attached hydrogen (secondary N) is 2. The lowest BCUT2D eigenvalue weighted by atomic mass is 10.1. The number of benzene rings is 2. The van der Waals surface area contributed by atoms with Gasteiger partial charge in [-0.1, -0.05) is 12.1 Å². The Balaban J connectivity index is 1.77. The number of amides is 2. The molecule has 1 saturated carbocycles. The molecule has 1 fully saturated rings. The molecule has 3 rings (SSSR count). The van der Waals surface area contributed by atoms with E-state index in [1.165, 1.54) is 0 Å². The first kappa shape index (κ1) is 16.0. The van der Waals surface area contributed by atoms with Gasteiger partial charge in [-0.2, -0.15) is 0 Å². The van der Waals surface area contributed by atoms with Crippen LogP contribution in [0.1, 0.15) is 28.8 Å². The molecule has 2 aromatic carbocycles. The molecule has 2 amide bonds. The third kappa shape index (κ3) is 3.90. The van der Waals surface area contributed by atoms with E-state index in [-0.39, 0.29) is 17.7 Å². The van der Waals surface area contributed by atoms with Crippen LogP contribution < -0.4 is 10.6 Å². The Morgan fingerprint density at radius 3 is 2.35 bits per heavy atom. The third-order valence-electron chi connectivity index (χ3n) is 3.87. The van der Waals surface area contributed by atoms with E-state index in [9.17, 15) is 9.59 Å². The standard InChI is InChI=1S/C18H17IN2O2/c1-11-15(20-17(22)12-8-9-12)6-3-7-16(11)21-18(23)13-4-2-5-14(19)10-13/h2-7,10,12H,8-9H2,1H3,(H,20,22)(H,21,23). The third-order valence-corrected chi connectivity index (χ3v) is 4.55. The molecule has 4 nitrogen and oxygen atoms in total. The summed E-state index contributed by atoms with van der Waals surface area (Å²) in [4.78, 5) is 24.3. The van der Waals surface area contributed by atoms with Crippen molar-refractivity contribution in [3.63, 3.8) is 0 Å². The zero-order valence-electron chi connectivity index (χ0n) is 12.7. The second-order valence-electron chi connectivity index (χ2n) is 5.71. The average Bonchev–Trinajstić information content (AvgIpc) is 3.36. The van der Waals surface area contributed by atoms with Gasteiger partial charge in [0, 0.05) is 26.4 Å². The van der Waals surface area contributed by atoms with Crippen LogP contribution in [-0.4, -0.2) is 11.8 Å². The van der Waals surface area contributed by atoms with Crippen molar-refractivity contribution < 1.29 is 9.59 Å². The highest BCUT2D eigenvalue weighted by molar-refractivity contribution is 14.1. The number of anilines is 2. The Morgan fingerprint density at radius 1 is 1.04 bits per heavy atom. The maximum Gasteiger partial charge on any atom is 0.255 e. The quantitative estimate of drug-likeness (QED) is 0.729. The fraction of sp³-hybridized carbons (Fsp3) is 0.222. The molecule has 1 aliphatic rings. The second-order valence-corrected chi connectivity index (χ2v) is 6.95. The van der Waals surface area contributed by atoms with Crippen molar-refractivity contribution >= 4 is 45.8 Å². The van der Waals surface area contributed by atoms with Crippen LogP contribution in [0.15, 0.2) is 42.5 Å². The molecule has 0 bridgehead atoms. The van der Waals surface area contributed by atoms with Crippen LogP contribution in [0.4, 0.5) is 11.4 Å². The summed E-state index contributed by atoms with van der Waals surface area (Å²) in [5.74, 6) is 0.0607. The van der Waals surface area contributed by atoms with Crippen LogP contribution in [-0.2, 0) is 4.79 Å². The van der Waals surface area contributed by atoms with Crippen LogP contribution in [0.3, 0.4) is 0 Å². The van der Waals surface area contributed by atoms with Crippen LogP contribution in [0.5, 0.6) is 0 Å². The van der Waals surface area contributed by atoms with E-state index < -0.39 is 0 Å². The summed E-state index contributed by atoms with van der Waals surface area (Å²) in [6.07, 6.45) is 1.93. The van der Waals surface area contributed by atoms with Crippen LogP contribution in [0.25, 0.3) is 0 Å². The van der Waals surface area contributed by atoms with E-state index in [4.69, 9.17) is 0 Å². The number of carbonyl (C=O) groups is 2. The van der Waals surface area contributed by atoms with E-state index in [1.54, 1.807) is 6.07 Å². The SMILES string of the molecule is Cc1c(NC(=O)c2cccc(I)c2)cccc1NC(=O)C1CC1. The zero-order valence-corrected chi connectivity index (χ0v) is 14.9. The minimum atomic E-state index is -0.155. The molecule has 0 spiro atoms. The predicted molar refractivity (Wildman–Crippen MR) is 99.6 cm³/mol. The Kier molecular flexibility index (Phi) is 4.66. The molecule has 0 radical (unpaired) electrons. The molecule has 0 unspecified atom stereocenters. The fourth-order valence-corrected chi connectivity index (χ4v) is 2.85. The van der Waals surface area contributed by atoms with Crippen molar-refractivity contribution in [3.05, 3.63) is 57.2 Å². The molecule has 5 heteroatoms. The van der Waals surface area contributed by atoms with Gasteiger partial charge in [-0.05, 0) is 78.3 Å². The van der Waals surface area contributed by atoms with Crippen molar-refractivity contribution in [2.75, 3.05) is 10.6 Å². The van der Waals surface area contributed by atoms with Gasteiger partial charge in [0.2, 0.25) is 5.91 Å². The summed E-state index contributed by atoms with van der Waals surface area (Å²) >= 11 is 2.18. The number of carbonyl (C=O) groups excluding carboxylic acids is 2. The first-order chi connectivity index (χ1) is 11.0. The second kappa shape index (κ2) is 6.70. The number of rotatable bonds is 4. The van der Waals surface area contributed by atoms with Gasteiger partial charge in [0.05, 0.1) is 0 Å². The first-order valence-corrected chi connectivity index (χ1v) is 8.60. The number of hydrogen-bond donors (Lipinski definition) is 2. The minimum Gasteiger partial charge on any atom is -0.326 e. The van der Waals surface area contributed by atoms with Crippen LogP contribution >= 0.6 is 22.6 Å². The van der Waals surface area contributed by atoms with E-state index >= 15 is 0 Å². The molecule has 0 heterocycles. The van der Waals surface area contributed by atoms with Crippen LogP contribution in [0, 0.1) is 16.4 Å². The van der Waals surface area contributed by atoms with Gasteiger partial charge in [-0.15, -0.1) is 0 Å². The molecular formula is C18H17IN2O2. The normalized spacial score (nSPS) is 13.5. The smallest absolute Gasteiger partial charge is 0.255 e. The summed E-state index contributed by atoms with van der Waals surface area (Å²) < 4.78 is 1.01. The Bertz CT molecular complexity index is 769. The molecule has 118 valence electrons. The largest absolute Gasteiger partial charge is 0.326 e. The van der Waals surface area contributed by atoms with Crippen molar-refractivity contribution in [2.45, 2.75) is 19.8 Å². The Hall–Kier alpha value is -1.89. The highest BCUT2D eigenvalue weighted by Crippen LogP contribution is 2.31. The fourth-order valence-electron chi connectivity index (χ4n) is 2.31. The lowest BCUT2D eigenvalue weighted by Crippen LogP contribution is -2.16. The highest BCUT2D eigenvalue weighted by Gasteiger charge is 2.29. The molecule has 0 saturated heterocycles. The lowest BCUT2D eigenvalue weighted by molar-refractivity contribution is -0.117. The van der Waals surface area contributed by atoms with E-state index in [0.717, 1.165) is 27.7 Å². The molecule has 2 aromatic rings. The van der Waals surface area contributed by atoms with Crippen molar-refractivity contribution in [3.8, 4) is 0 Å². The van der Waals surface area contributed by atoms with Gasteiger partial charge in [-0.25, -0.2) is 0 Å². The maximum atomic E-state index is 12.4.